The summed E-state index contributed by atoms with van der Waals surface area (Å²) in [5.74, 6) is 3.41. The Kier molecular flexibility index (Phi) is 4.05. The second-order valence-corrected chi connectivity index (χ2v) is 3.94. The van der Waals surface area contributed by atoms with E-state index in [1.54, 1.807) is 0 Å². The van der Waals surface area contributed by atoms with E-state index in [9.17, 15) is 19.3 Å². The molecule has 0 unspecified atom stereocenters. The zero-order chi connectivity index (χ0) is 15.4. The van der Waals surface area contributed by atoms with Crippen molar-refractivity contribution < 1.29 is 14.1 Å². The summed E-state index contributed by atoms with van der Waals surface area (Å²) in [7, 11) is 0. The van der Waals surface area contributed by atoms with Crippen molar-refractivity contribution in [2.75, 3.05) is 10.7 Å². The highest BCUT2D eigenvalue weighted by Gasteiger charge is 2.23. The molecule has 0 spiro atoms. The van der Waals surface area contributed by atoms with Crippen LogP contribution in [0.25, 0.3) is 0 Å². The van der Waals surface area contributed by atoms with Crippen LogP contribution in [-0.2, 0) is 0 Å². The van der Waals surface area contributed by atoms with Gasteiger partial charge in [-0.25, -0.2) is 4.39 Å². The van der Waals surface area contributed by atoms with Gasteiger partial charge >= 0.3 is 0 Å². The molecule has 1 heterocycles. The topological polar surface area (TPSA) is 123 Å². The molecule has 0 aliphatic carbocycles. The number of anilines is 2. The zero-order valence-electron chi connectivity index (χ0n) is 10.5. The molecule has 0 aliphatic heterocycles. The van der Waals surface area contributed by atoms with E-state index in [0.717, 1.165) is 6.07 Å². The number of carbonyl (C=O) groups is 1. The van der Waals surface area contributed by atoms with Crippen LogP contribution < -0.4 is 16.6 Å². The molecular weight excluding hydrogens is 281 g/mol. The highest BCUT2D eigenvalue weighted by Crippen LogP contribution is 2.26. The Morgan fingerprint density at radius 3 is 2.57 bits per heavy atom. The number of nitrogens with zero attached hydrogens (tertiary/aromatic N) is 2. The number of hydrogen-bond acceptors (Lipinski definition) is 6. The Bertz CT molecular complexity index is 693. The van der Waals surface area contributed by atoms with Gasteiger partial charge in [0.15, 0.2) is 5.82 Å². The molecule has 2 rings (SSSR count). The summed E-state index contributed by atoms with van der Waals surface area (Å²) in [6, 6.07) is 4.63. The molecule has 21 heavy (non-hydrogen) atoms. The van der Waals surface area contributed by atoms with Gasteiger partial charge in [0.2, 0.25) is 0 Å². The number of aromatic nitrogens is 1. The minimum atomic E-state index is -0.926. The van der Waals surface area contributed by atoms with Crippen LogP contribution in [0, 0.1) is 15.9 Å². The molecule has 0 aliphatic rings. The summed E-state index contributed by atoms with van der Waals surface area (Å²) in [6.45, 7) is 0. The van der Waals surface area contributed by atoms with Crippen molar-refractivity contribution in [1.29, 1.82) is 0 Å². The third-order valence-corrected chi connectivity index (χ3v) is 2.62. The molecule has 0 radical (unpaired) electrons. The fourth-order valence-corrected chi connectivity index (χ4v) is 1.64. The lowest BCUT2D eigenvalue weighted by molar-refractivity contribution is -0.385. The van der Waals surface area contributed by atoms with E-state index in [0.29, 0.717) is 11.8 Å². The van der Waals surface area contributed by atoms with Gasteiger partial charge in [0.05, 0.1) is 16.7 Å². The quantitative estimate of drug-likeness (QED) is 0.447. The van der Waals surface area contributed by atoms with Gasteiger partial charge in [-0.3, -0.25) is 25.7 Å². The van der Waals surface area contributed by atoms with E-state index in [1.165, 1.54) is 24.5 Å². The number of nitrogen functional groups attached to an aromatic ring is 1. The fraction of sp³-hybridized carbons (Fsp3) is 0. The zero-order valence-corrected chi connectivity index (χ0v) is 10.5. The molecular formula is C12H10FN5O3. The van der Waals surface area contributed by atoms with Gasteiger partial charge in [-0.2, -0.15) is 0 Å². The maximum Gasteiger partial charge on any atom is 0.285 e. The lowest BCUT2D eigenvalue weighted by atomic mass is 10.1. The Balaban J connectivity index is 2.41. The molecule has 0 atom stereocenters. The summed E-state index contributed by atoms with van der Waals surface area (Å²) in [5.41, 5.74) is 1.24. The highest BCUT2D eigenvalue weighted by molar-refractivity contribution is 6.07. The number of amides is 1. The fourth-order valence-electron chi connectivity index (χ4n) is 1.64. The predicted octanol–water partition coefficient (Wildman–Crippen LogP) is 1.67. The van der Waals surface area contributed by atoms with Gasteiger partial charge in [0.1, 0.15) is 5.56 Å². The molecule has 8 nitrogen and oxygen atoms in total. The summed E-state index contributed by atoms with van der Waals surface area (Å²) < 4.78 is 13.5. The first-order chi connectivity index (χ1) is 10.0. The molecule has 1 amide bonds. The normalized spacial score (nSPS) is 10.0. The Morgan fingerprint density at radius 1 is 1.33 bits per heavy atom. The lowest BCUT2D eigenvalue weighted by Gasteiger charge is -2.08. The SMILES string of the molecule is NNc1cc(C(=O)Nc2ccncc2)c([N+](=O)[O-])cc1F. The Labute approximate surface area is 117 Å². The average molecular weight is 291 g/mol. The van der Waals surface area contributed by atoms with Crippen molar-refractivity contribution in [1.82, 2.24) is 4.98 Å². The summed E-state index contributed by atoms with van der Waals surface area (Å²) in [6.07, 6.45) is 2.89. The van der Waals surface area contributed by atoms with E-state index in [4.69, 9.17) is 5.84 Å². The smallest absolute Gasteiger partial charge is 0.285 e. The summed E-state index contributed by atoms with van der Waals surface area (Å²) in [4.78, 5) is 26.0. The number of nitro benzene ring substituents is 1. The maximum absolute atomic E-state index is 13.5. The first kappa shape index (κ1) is 14.3. The molecule has 0 bridgehead atoms. The molecule has 0 saturated carbocycles. The van der Waals surface area contributed by atoms with Crippen LogP contribution in [0.5, 0.6) is 0 Å². The van der Waals surface area contributed by atoms with Gasteiger partial charge < -0.3 is 10.7 Å². The predicted molar refractivity (Wildman–Crippen MR) is 73.1 cm³/mol. The van der Waals surface area contributed by atoms with E-state index >= 15 is 0 Å². The van der Waals surface area contributed by atoms with Gasteiger partial charge in [0, 0.05) is 18.1 Å². The van der Waals surface area contributed by atoms with Gasteiger partial charge in [-0.15, -0.1) is 0 Å². The second-order valence-electron chi connectivity index (χ2n) is 3.94. The van der Waals surface area contributed by atoms with Gasteiger partial charge in [-0.05, 0) is 18.2 Å². The van der Waals surface area contributed by atoms with E-state index in [1.807, 2.05) is 5.43 Å². The molecule has 4 N–H and O–H groups in total. The minimum absolute atomic E-state index is 0.222. The number of halogens is 1. The largest absolute Gasteiger partial charge is 0.322 e. The van der Waals surface area contributed by atoms with Crippen molar-refractivity contribution in [3.8, 4) is 0 Å². The van der Waals surface area contributed by atoms with Gasteiger partial charge in [0.25, 0.3) is 11.6 Å². The van der Waals surface area contributed by atoms with Crippen molar-refractivity contribution in [2.24, 2.45) is 5.84 Å². The third-order valence-electron chi connectivity index (χ3n) is 2.62. The van der Waals surface area contributed by atoms with Crippen molar-refractivity contribution in [3.05, 3.63) is 58.2 Å². The van der Waals surface area contributed by atoms with Gasteiger partial charge in [-0.1, -0.05) is 0 Å². The first-order valence-corrected chi connectivity index (χ1v) is 5.69. The van der Waals surface area contributed by atoms with E-state index in [-0.39, 0.29) is 11.3 Å². The van der Waals surface area contributed by atoms with Crippen molar-refractivity contribution in [2.45, 2.75) is 0 Å². The summed E-state index contributed by atoms with van der Waals surface area (Å²) in [5, 5.41) is 13.4. The maximum atomic E-state index is 13.5. The number of nitrogens with one attached hydrogen (secondary N) is 2. The van der Waals surface area contributed by atoms with Crippen molar-refractivity contribution in [3.63, 3.8) is 0 Å². The van der Waals surface area contributed by atoms with Crippen LogP contribution in [0.2, 0.25) is 0 Å². The molecule has 0 fully saturated rings. The molecule has 2 aromatic rings. The Morgan fingerprint density at radius 2 is 2.00 bits per heavy atom. The summed E-state index contributed by atoms with van der Waals surface area (Å²) >= 11 is 0. The molecule has 9 heteroatoms. The molecule has 1 aromatic heterocycles. The number of nitrogens with two attached hydrogens (primary N) is 1. The van der Waals surface area contributed by atoms with Crippen LogP contribution in [0.3, 0.4) is 0 Å². The monoisotopic (exact) mass is 291 g/mol. The first-order valence-electron chi connectivity index (χ1n) is 5.69. The number of hydrogen-bond donors (Lipinski definition) is 3. The highest BCUT2D eigenvalue weighted by atomic mass is 19.1. The number of hydrazine groups is 1. The van der Waals surface area contributed by atoms with Crippen LogP contribution >= 0.6 is 0 Å². The average Bonchev–Trinajstić information content (AvgIpc) is 2.47. The minimum Gasteiger partial charge on any atom is -0.322 e. The number of carbonyl (C=O) groups excluding carboxylic acids is 1. The van der Waals surface area contributed by atoms with Crippen molar-refractivity contribution >= 4 is 23.0 Å². The Hall–Kier alpha value is -3.07. The van der Waals surface area contributed by atoms with Crippen LogP contribution in [0.15, 0.2) is 36.7 Å². The molecule has 1 aromatic carbocycles. The third kappa shape index (κ3) is 3.09. The number of pyridine rings is 1. The number of benzene rings is 1. The van der Waals surface area contributed by atoms with Crippen LogP contribution in [-0.4, -0.2) is 15.8 Å². The second kappa shape index (κ2) is 5.92. The number of rotatable bonds is 4. The van der Waals surface area contributed by atoms with E-state index in [2.05, 4.69) is 10.3 Å². The standard InChI is InChI=1S/C12H10FN5O3/c13-9-6-11(18(20)21)8(5-10(9)17-14)12(19)16-7-1-3-15-4-2-7/h1-6,17H,14H2,(H,15,16,19). The van der Waals surface area contributed by atoms with Crippen LogP contribution in [0.1, 0.15) is 10.4 Å². The molecule has 0 saturated heterocycles. The lowest BCUT2D eigenvalue weighted by Crippen LogP contribution is -2.16. The van der Waals surface area contributed by atoms with Crippen LogP contribution in [0.4, 0.5) is 21.5 Å². The molecule has 108 valence electrons. The number of nitro groups is 1. The van der Waals surface area contributed by atoms with E-state index < -0.39 is 22.3 Å².